The number of nitrogens with zero attached hydrogens (tertiary/aromatic N) is 2. The van der Waals surface area contributed by atoms with Crippen LogP contribution >= 0.6 is 12.2 Å². The van der Waals surface area contributed by atoms with Gasteiger partial charge in [0.2, 0.25) is 0 Å². The first kappa shape index (κ1) is 12.8. The molecule has 2 N–H and O–H groups in total. The molecule has 19 heavy (non-hydrogen) atoms. The van der Waals surface area contributed by atoms with Crippen LogP contribution in [0.15, 0.2) is 18.2 Å². The van der Waals surface area contributed by atoms with E-state index in [0.29, 0.717) is 11.3 Å². The van der Waals surface area contributed by atoms with Crippen LogP contribution in [-0.2, 0) is 0 Å². The van der Waals surface area contributed by atoms with Gasteiger partial charge in [-0.25, -0.2) is 4.39 Å². The van der Waals surface area contributed by atoms with Crippen LogP contribution in [-0.4, -0.2) is 42.1 Å². The van der Waals surface area contributed by atoms with E-state index in [1.165, 1.54) is 18.9 Å². The Morgan fingerprint density at radius 3 is 2.42 bits per heavy atom. The van der Waals surface area contributed by atoms with Crippen molar-refractivity contribution in [2.24, 2.45) is 5.73 Å². The Kier molecular flexibility index (Phi) is 3.41. The van der Waals surface area contributed by atoms with Gasteiger partial charge in [0.1, 0.15) is 10.8 Å². The molecule has 2 aliphatic rings. The number of benzene rings is 1. The number of hydrogen-bond acceptors (Lipinski definition) is 3. The van der Waals surface area contributed by atoms with E-state index in [1.54, 1.807) is 12.1 Å². The highest BCUT2D eigenvalue weighted by atomic mass is 32.1. The topological polar surface area (TPSA) is 32.5 Å². The Bertz CT molecular complexity index is 493. The largest absolute Gasteiger partial charge is 0.389 e. The number of anilines is 1. The molecule has 1 aliphatic heterocycles. The van der Waals surface area contributed by atoms with Crippen molar-refractivity contribution in [3.05, 3.63) is 29.6 Å². The molecule has 3 rings (SSSR count). The molecule has 0 unspecified atom stereocenters. The molecule has 0 bridgehead atoms. The van der Waals surface area contributed by atoms with Crippen LogP contribution in [0, 0.1) is 5.82 Å². The number of hydrogen-bond donors (Lipinski definition) is 1. The minimum absolute atomic E-state index is 0.231. The molecule has 2 fully saturated rings. The molecule has 1 aromatic rings. The van der Waals surface area contributed by atoms with E-state index in [4.69, 9.17) is 18.0 Å². The van der Waals surface area contributed by atoms with Crippen molar-refractivity contribution in [3.63, 3.8) is 0 Å². The fourth-order valence-corrected chi connectivity index (χ4v) is 2.81. The minimum Gasteiger partial charge on any atom is -0.389 e. The third-order valence-corrected chi connectivity index (χ3v) is 4.19. The maximum atomic E-state index is 14.1. The maximum Gasteiger partial charge on any atom is 0.147 e. The van der Waals surface area contributed by atoms with Gasteiger partial charge in [0.15, 0.2) is 0 Å². The fourth-order valence-electron chi connectivity index (χ4n) is 2.68. The van der Waals surface area contributed by atoms with Crippen molar-refractivity contribution in [1.29, 1.82) is 0 Å². The van der Waals surface area contributed by atoms with Crippen LogP contribution in [0.1, 0.15) is 18.4 Å². The van der Waals surface area contributed by atoms with Gasteiger partial charge in [-0.05, 0) is 31.0 Å². The molecular formula is C14H18FN3S. The van der Waals surface area contributed by atoms with Gasteiger partial charge in [-0.3, -0.25) is 4.90 Å². The summed E-state index contributed by atoms with van der Waals surface area (Å²) in [6.45, 7) is 3.84. The number of thiocarbonyl (C=S) groups is 1. The van der Waals surface area contributed by atoms with Gasteiger partial charge in [0.05, 0.1) is 5.69 Å². The summed E-state index contributed by atoms with van der Waals surface area (Å²) in [5, 5.41) is 0. The average Bonchev–Trinajstić information content (AvgIpc) is 3.23. The SMILES string of the molecule is NC(=S)c1ccc(N2CCN(C3CC3)CC2)c(F)c1. The summed E-state index contributed by atoms with van der Waals surface area (Å²) in [5.41, 5.74) is 6.77. The molecule has 1 aliphatic carbocycles. The average molecular weight is 279 g/mol. The van der Waals surface area contributed by atoms with Gasteiger partial charge in [-0.15, -0.1) is 0 Å². The van der Waals surface area contributed by atoms with Crippen molar-refractivity contribution in [2.75, 3.05) is 31.1 Å². The maximum absolute atomic E-state index is 14.1. The van der Waals surface area contributed by atoms with E-state index in [1.807, 2.05) is 0 Å². The molecular weight excluding hydrogens is 261 g/mol. The van der Waals surface area contributed by atoms with Gasteiger partial charge >= 0.3 is 0 Å². The lowest BCUT2D eigenvalue weighted by molar-refractivity contribution is 0.247. The van der Waals surface area contributed by atoms with Crippen molar-refractivity contribution >= 4 is 22.9 Å². The van der Waals surface area contributed by atoms with Crippen LogP contribution in [0.5, 0.6) is 0 Å². The van der Waals surface area contributed by atoms with E-state index in [-0.39, 0.29) is 10.8 Å². The molecule has 5 heteroatoms. The molecule has 0 aromatic heterocycles. The molecule has 1 saturated carbocycles. The summed E-state index contributed by atoms with van der Waals surface area (Å²) < 4.78 is 14.1. The van der Waals surface area contributed by atoms with Crippen molar-refractivity contribution in [2.45, 2.75) is 18.9 Å². The summed E-state index contributed by atoms with van der Waals surface area (Å²) in [5.74, 6) is -0.231. The highest BCUT2D eigenvalue weighted by molar-refractivity contribution is 7.80. The molecule has 0 spiro atoms. The van der Waals surface area contributed by atoms with E-state index < -0.39 is 0 Å². The first-order valence-electron chi connectivity index (χ1n) is 6.73. The van der Waals surface area contributed by atoms with E-state index in [9.17, 15) is 4.39 Å². The first-order chi connectivity index (χ1) is 9.15. The molecule has 102 valence electrons. The fraction of sp³-hybridized carbons (Fsp3) is 0.500. The Morgan fingerprint density at radius 2 is 1.89 bits per heavy atom. The second-order valence-corrected chi connectivity index (χ2v) is 5.72. The van der Waals surface area contributed by atoms with Gasteiger partial charge < -0.3 is 10.6 Å². The van der Waals surface area contributed by atoms with Crippen molar-refractivity contribution in [1.82, 2.24) is 4.90 Å². The lowest BCUT2D eigenvalue weighted by Crippen LogP contribution is -2.47. The normalized spacial score (nSPS) is 20.6. The van der Waals surface area contributed by atoms with Crippen molar-refractivity contribution < 1.29 is 4.39 Å². The summed E-state index contributed by atoms with van der Waals surface area (Å²) >= 11 is 4.86. The Hall–Kier alpha value is -1.20. The predicted molar refractivity (Wildman–Crippen MR) is 79.1 cm³/mol. The molecule has 0 atom stereocenters. The van der Waals surface area contributed by atoms with Crippen LogP contribution < -0.4 is 10.6 Å². The van der Waals surface area contributed by atoms with Crippen molar-refractivity contribution in [3.8, 4) is 0 Å². The smallest absolute Gasteiger partial charge is 0.147 e. The van der Waals surface area contributed by atoms with Crippen LogP contribution in [0.4, 0.5) is 10.1 Å². The highest BCUT2D eigenvalue weighted by Gasteiger charge is 2.31. The summed E-state index contributed by atoms with van der Waals surface area (Å²) in [4.78, 5) is 4.86. The number of halogens is 1. The zero-order valence-electron chi connectivity index (χ0n) is 10.8. The second kappa shape index (κ2) is 5.06. The Morgan fingerprint density at radius 1 is 1.21 bits per heavy atom. The first-order valence-corrected chi connectivity index (χ1v) is 7.14. The van der Waals surface area contributed by atoms with E-state index in [2.05, 4.69) is 9.80 Å². The molecule has 1 aromatic carbocycles. The van der Waals surface area contributed by atoms with Crippen LogP contribution in [0.3, 0.4) is 0 Å². The van der Waals surface area contributed by atoms with Gasteiger partial charge in [0, 0.05) is 37.8 Å². The third kappa shape index (κ3) is 2.72. The number of nitrogens with two attached hydrogens (primary N) is 1. The lowest BCUT2D eigenvalue weighted by Gasteiger charge is -2.36. The highest BCUT2D eigenvalue weighted by Crippen LogP contribution is 2.29. The van der Waals surface area contributed by atoms with E-state index >= 15 is 0 Å². The molecule has 3 nitrogen and oxygen atoms in total. The minimum atomic E-state index is -0.231. The zero-order chi connectivity index (χ0) is 13.4. The standard InChI is InChI=1S/C14H18FN3S/c15-12-9-10(14(16)19)1-4-13(12)18-7-5-17(6-8-18)11-2-3-11/h1,4,9,11H,2-3,5-8H2,(H2,16,19). The molecule has 1 heterocycles. The van der Waals surface area contributed by atoms with Crippen LogP contribution in [0.25, 0.3) is 0 Å². The van der Waals surface area contributed by atoms with E-state index in [0.717, 1.165) is 32.2 Å². The summed E-state index contributed by atoms with van der Waals surface area (Å²) in [7, 11) is 0. The summed E-state index contributed by atoms with van der Waals surface area (Å²) in [6.07, 6.45) is 2.66. The predicted octanol–water partition coefficient (Wildman–Crippen LogP) is 1.74. The Balaban J connectivity index is 1.70. The molecule has 0 radical (unpaired) electrons. The Labute approximate surface area is 118 Å². The summed E-state index contributed by atoms with van der Waals surface area (Å²) in [6, 6.07) is 5.82. The van der Waals surface area contributed by atoms with Crippen LogP contribution in [0.2, 0.25) is 0 Å². The monoisotopic (exact) mass is 279 g/mol. The van der Waals surface area contributed by atoms with Gasteiger partial charge in [-0.1, -0.05) is 12.2 Å². The lowest BCUT2D eigenvalue weighted by atomic mass is 10.1. The zero-order valence-corrected chi connectivity index (χ0v) is 11.6. The number of piperazine rings is 1. The second-order valence-electron chi connectivity index (χ2n) is 5.28. The quantitative estimate of drug-likeness (QED) is 0.854. The molecule has 1 saturated heterocycles. The number of rotatable bonds is 3. The third-order valence-electron chi connectivity index (χ3n) is 3.95. The molecule has 0 amide bonds. The van der Waals surface area contributed by atoms with Gasteiger partial charge in [0.25, 0.3) is 0 Å². The van der Waals surface area contributed by atoms with Gasteiger partial charge in [-0.2, -0.15) is 0 Å².